The van der Waals surface area contributed by atoms with Crippen molar-refractivity contribution in [1.82, 2.24) is 10.3 Å². The molecule has 98 valence electrons. The number of ether oxygens (including phenoxy) is 1. The van der Waals surface area contributed by atoms with Gasteiger partial charge in [0.15, 0.2) is 6.10 Å². The van der Waals surface area contributed by atoms with Crippen LogP contribution in [0.5, 0.6) is 0 Å². The Balaban J connectivity index is 2.15. The van der Waals surface area contributed by atoms with Crippen LogP contribution in [-0.4, -0.2) is 43.7 Å². The highest BCUT2D eigenvalue weighted by Gasteiger charge is 2.27. The maximum Gasteiger partial charge on any atom is 0.250 e. The van der Waals surface area contributed by atoms with Gasteiger partial charge in [-0.15, -0.1) is 0 Å². The smallest absolute Gasteiger partial charge is 0.250 e. The van der Waals surface area contributed by atoms with E-state index in [0.717, 1.165) is 0 Å². The van der Waals surface area contributed by atoms with Gasteiger partial charge < -0.3 is 15.0 Å². The second kappa shape index (κ2) is 5.73. The van der Waals surface area contributed by atoms with E-state index in [9.17, 15) is 4.79 Å². The number of likely N-dealkylation sites (N-methyl/N-ethyl adjacent to an activating group) is 1. The largest absolute Gasteiger partial charge is 0.365 e. The van der Waals surface area contributed by atoms with Gasteiger partial charge in [-0.05, 0) is 6.07 Å². The van der Waals surface area contributed by atoms with Gasteiger partial charge in [0.2, 0.25) is 0 Å². The molecule has 0 aliphatic carbocycles. The SMILES string of the molecule is CNC(=O)[C@H]1CN(c2ncc(Cl)cc2Cl)CCO1. The Morgan fingerprint density at radius 2 is 2.39 bits per heavy atom. The van der Waals surface area contributed by atoms with Crippen LogP contribution in [0.3, 0.4) is 0 Å². The summed E-state index contributed by atoms with van der Waals surface area (Å²) in [6.45, 7) is 1.52. The van der Waals surface area contributed by atoms with Gasteiger partial charge in [-0.1, -0.05) is 23.2 Å². The topological polar surface area (TPSA) is 54.5 Å². The number of hydrogen-bond donors (Lipinski definition) is 1. The number of nitrogens with one attached hydrogen (secondary N) is 1. The van der Waals surface area contributed by atoms with Crippen molar-refractivity contribution in [3.05, 3.63) is 22.3 Å². The molecular weight excluding hydrogens is 277 g/mol. The van der Waals surface area contributed by atoms with Crippen LogP contribution in [0.2, 0.25) is 10.0 Å². The normalized spacial score (nSPS) is 19.7. The Hall–Kier alpha value is -1.04. The molecule has 0 saturated carbocycles. The number of morpholine rings is 1. The molecule has 5 nitrogen and oxygen atoms in total. The summed E-state index contributed by atoms with van der Waals surface area (Å²) in [6, 6.07) is 1.63. The van der Waals surface area contributed by atoms with Gasteiger partial charge in [-0.2, -0.15) is 0 Å². The molecule has 0 unspecified atom stereocenters. The fourth-order valence-electron chi connectivity index (χ4n) is 1.80. The lowest BCUT2D eigenvalue weighted by Gasteiger charge is -2.33. The second-order valence-electron chi connectivity index (χ2n) is 3.88. The molecular formula is C11H13Cl2N3O2. The van der Waals surface area contributed by atoms with E-state index >= 15 is 0 Å². The highest BCUT2D eigenvalue weighted by atomic mass is 35.5. The van der Waals surface area contributed by atoms with Crippen LogP contribution < -0.4 is 10.2 Å². The number of pyridine rings is 1. The van der Waals surface area contributed by atoms with Crippen LogP contribution >= 0.6 is 23.2 Å². The summed E-state index contributed by atoms with van der Waals surface area (Å²) in [6.07, 6.45) is 1.03. The Morgan fingerprint density at radius 1 is 1.61 bits per heavy atom. The molecule has 2 heterocycles. The lowest BCUT2D eigenvalue weighted by molar-refractivity contribution is -0.132. The van der Waals surface area contributed by atoms with Gasteiger partial charge in [0.25, 0.3) is 5.91 Å². The zero-order chi connectivity index (χ0) is 13.1. The lowest BCUT2D eigenvalue weighted by atomic mass is 10.2. The molecule has 1 aliphatic heterocycles. The van der Waals surface area contributed by atoms with Crippen LogP contribution in [0.15, 0.2) is 12.3 Å². The summed E-state index contributed by atoms with van der Waals surface area (Å²) >= 11 is 11.9. The number of hydrogen-bond acceptors (Lipinski definition) is 4. The predicted octanol–water partition coefficient (Wildman–Crippen LogP) is 1.34. The molecule has 1 atom stereocenters. The van der Waals surface area contributed by atoms with Crippen molar-refractivity contribution in [2.24, 2.45) is 0 Å². The number of halogens is 2. The van der Waals surface area contributed by atoms with Crippen LogP contribution in [0, 0.1) is 0 Å². The third kappa shape index (κ3) is 2.85. The van der Waals surface area contributed by atoms with Crippen molar-refractivity contribution in [1.29, 1.82) is 0 Å². The maximum atomic E-state index is 11.5. The molecule has 1 aromatic rings. The molecule has 1 amide bonds. The Labute approximate surface area is 115 Å². The van der Waals surface area contributed by atoms with Gasteiger partial charge in [0.1, 0.15) is 5.82 Å². The number of carbonyl (C=O) groups is 1. The van der Waals surface area contributed by atoms with Crippen LogP contribution in [-0.2, 0) is 9.53 Å². The highest BCUT2D eigenvalue weighted by molar-refractivity contribution is 6.36. The molecule has 0 spiro atoms. The Kier molecular flexibility index (Phi) is 4.27. The number of amides is 1. The first kappa shape index (κ1) is 13.4. The number of anilines is 1. The number of aromatic nitrogens is 1. The summed E-state index contributed by atoms with van der Waals surface area (Å²) in [5.41, 5.74) is 0. The molecule has 1 N–H and O–H groups in total. The van der Waals surface area contributed by atoms with Crippen LogP contribution in [0.25, 0.3) is 0 Å². The first-order valence-electron chi connectivity index (χ1n) is 5.51. The summed E-state index contributed by atoms with van der Waals surface area (Å²) in [5.74, 6) is 0.475. The number of nitrogens with zero attached hydrogens (tertiary/aromatic N) is 2. The minimum absolute atomic E-state index is 0.148. The zero-order valence-corrected chi connectivity index (χ0v) is 11.3. The van der Waals surface area contributed by atoms with Gasteiger partial charge in [0, 0.05) is 19.8 Å². The van der Waals surface area contributed by atoms with E-state index in [1.54, 1.807) is 13.1 Å². The molecule has 0 radical (unpaired) electrons. The second-order valence-corrected chi connectivity index (χ2v) is 4.72. The highest BCUT2D eigenvalue weighted by Crippen LogP contribution is 2.27. The lowest BCUT2D eigenvalue weighted by Crippen LogP contribution is -2.49. The first-order valence-corrected chi connectivity index (χ1v) is 6.26. The van der Waals surface area contributed by atoms with Crippen molar-refractivity contribution in [2.45, 2.75) is 6.10 Å². The third-order valence-corrected chi connectivity index (χ3v) is 3.18. The summed E-state index contributed by atoms with van der Waals surface area (Å²) in [4.78, 5) is 17.7. The van der Waals surface area contributed by atoms with Gasteiger partial charge in [-0.25, -0.2) is 4.98 Å². The molecule has 1 fully saturated rings. The van der Waals surface area contributed by atoms with E-state index < -0.39 is 6.10 Å². The van der Waals surface area contributed by atoms with Crippen molar-refractivity contribution in [3.8, 4) is 0 Å². The van der Waals surface area contributed by atoms with Crippen LogP contribution in [0.4, 0.5) is 5.82 Å². The first-order chi connectivity index (χ1) is 8.61. The minimum Gasteiger partial charge on any atom is -0.365 e. The number of rotatable bonds is 2. The quantitative estimate of drug-likeness (QED) is 0.893. The fourth-order valence-corrected chi connectivity index (χ4v) is 2.30. The van der Waals surface area contributed by atoms with Crippen molar-refractivity contribution >= 4 is 34.9 Å². The summed E-state index contributed by atoms with van der Waals surface area (Å²) < 4.78 is 5.40. The molecule has 1 aliphatic rings. The fraction of sp³-hybridized carbons (Fsp3) is 0.455. The van der Waals surface area contributed by atoms with Crippen molar-refractivity contribution in [3.63, 3.8) is 0 Å². The van der Waals surface area contributed by atoms with Gasteiger partial charge in [0.05, 0.1) is 23.2 Å². The predicted molar refractivity (Wildman–Crippen MR) is 70.3 cm³/mol. The molecule has 18 heavy (non-hydrogen) atoms. The molecule has 2 rings (SSSR count). The van der Waals surface area contributed by atoms with E-state index in [1.165, 1.54) is 6.20 Å². The molecule has 7 heteroatoms. The summed E-state index contributed by atoms with van der Waals surface area (Å²) in [5, 5.41) is 3.52. The van der Waals surface area contributed by atoms with E-state index in [0.29, 0.717) is 35.6 Å². The van der Waals surface area contributed by atoms with Crippen LogP contribution in [0.1, 0.15) is 0 Å². The van der Waals surface area contributed by atoms with Gasteiger partial charge in [-0.3, -0.25) is 4.79 Å². The molecule has 0 aromatic carbocycles. The molecule has 1 aromatic heterocycles. The van der Waals surface area contributed by atoms with E-state index in [2.05, 4.69) is 10.3 Å². The van der Waals surface area contributed by atoms with Crippen molar-refractivity contribution in [2.75, 3.05) is 31.6 Å². The third-order valence-electron chi connectivity index (χ3n) is 2.69. The average molecular weight is 290 g/mol. The number of carbonyl (C=O) groups excluding carboxylic acids is 1. The Morgan fingerprint density at radius 3 is 3.06 bits per heavy atom. The molecule has 0 bridgehead atoms. The molecule has 1 saturated heterocycles. The van der Waals surface area contributed by atoms with E-state index in [4.69, 9.17) is 27.9 Å². The zero-order valence-electron chi connectivity index (χ0n) is 9.82. The standard InChI is InChI=1S/C11H13Cl2N3O2/c1-14-11(17)9-6-16(2-3-18-9)10-8(13)4-7(12)5-15-10/h4-5,9H,2-3,6H2,1H3,(H,14,17)/t9-/m1/s1. The Bertz CT molecular complexity index is 456. The van der Waals surface area contributed by atoms with E-state index in [-0.39, 0.29) is 5.91 Å². The van der Waals surface area contributed by atoms with Gasteiger partial charge >= 0.3 is 0 Å². The minimum atomic E-state index is -0.503. The van der Waals surface area contributed by atoms with E-state index in [1.807, 2.05) is 4.90 Å². The maximum absolute atomic E-state index is 11.5. The average Bonchev–Trinajstić information content (AvgIpc) is 2.38. The van der Waals surface area contributed by atoms with Crippen molar-refractivity contribution < 1.29 is 9.53 Å². The monoisotopic (exact) mass is 289 g/mol. The summed E-state index contributed by atoms with van der Waals surface area (Å²) in [7, 11) is 1.58.